The van der Waals surface area contributed by atoms with Crippen molar-refractivity contribution in [2.75, 3.05) is 5.73 Å². The Labute approximate surface area is 82.1 Å². The van der Waals surface area contributed by atoms with Gasteiger partial charge < -0.3 is 10.8 Å². The lowest BCUT2D eigenvalue weighted by Crippen LogP contribution is -2.07. The first kappa shape index (κ1) is 10.0. The molecule has 0 aliphatic rings. The predicted octanol–water partition coefficient (Wildman–Crippen LogP) is 1.81. The molecule has 3 N–H and O–H groups in total. The van der Waals surface area contributed by atoms with Crippen LogP contribution in [0.25, 0.3) is 0 Å². The Morgan fingerprint density at radius 2 is 2.00 bits per heavy atom. The fraction of sp³-hybridized carbons (Fsp3) is 0. The van der Waals surface area contributed by atoms with Crippen LogP contribution in [-0.2, 0) is 0 Å². The molecular formula is C6H3Cl2FN2O2. The molecule has 1 aromatic rings. The summed E-state index contributed by atoms with van der Waals surface area (Å²) in [5.41, 5.74) is 3.93. The zero-order valence-corrected chi connectivity index (χ0v) is 7.53. The van der Waals surface area contributed by atoms with Gasteiger partial charge in [0.1, 0.15) is 10.7 Å². The third-order valence-corrected chi connectivity index (χ3v) is 1.83. The van der Waals surface area contributed by atoms with Crippen molar-refractivity contribution in [3.8, 4) is 0 Å². The Balaban J connectivity index is 3.53. The first-order valence-corrected chi connectivity index (χ1v) is 3.74. The molecule has 1 rings (SSSR count). The number of carboxylic acid groups (broad SMARTS) is 1. The molecular weight excluding hydrogens is 222 g/mol. The number of carbonyl (C=O) groups is 1. The van der Waals surface area contributed by atoms with Gasteiger partial charge in [0.15, 0.2) is 11.0 Å². The molecule has 0 amide bonds. The zero-order valence-electron chi connectivity index (χ0n) is 6.01. The molecule has 0 saturated heterocycles. The van der Waals surface area contributed by atoms with E-state index in [0.717, 1.165) is 0 Å². The molecule has 0 aliphatic heterocycles. The summed E-state index contributed by atoms with van der Waals surface area (Å²) in [5.74, 6) is -2.53. The summed E-state index contributed by atoms with van der Waals surface area (Å²) in [6.45, 7) is 0. The van der Waals surface area contributed by atoms with Gasteiger partial charge in [-0.05, 0) is 0 Å². The highest BCUT2D eigenvalue weighted by Crippen LogP contribution is 2.27. The van der Waals surface area contributed by atoms with Crippen molar-refractivity contribution in [3.63, 3.8) is 0 Å². The molecule has 1 heterocycles. The van der Waals surface area contributed by atoms with Crippen molar-refractivity contribution in [2.45, 2.75) is 0 Å². The lowest BCUT2D eigenvalue weighted by Gasteiger charge is -2.04. The number of carboxylic acids is 1. The third-order valence-electron chi connectivity index (χ3n) is 1.30. The Morgan fingerprint density at radius 3 is 2.46 bits per heavy atom. The first-order chi connectivity index (χ1) is 5.95. The minimum Gasteiger partial charge on any atom is -0.478 e. The van der Waals surface area contributed by atoms with E-state index in [4.69, 9.17) is 34.0 Å². The van der Waals surface area contributed by atoms with Crippen molar-refractivity contribution >= 4 is 34.9 Å². The minimum atomic E-state index is -1.45. The normalized spacial score (nSPS) is 10.1. The van der Waals surface area contributed by atoms with Gasteiger partial charge in [-0.15, -0.1) is 0 Å². The summed E-state index contributed by atoms with van der Waals surface area (Å²) >= 11 is 10.6. The highest BCUT2D eigenvalue weighted by atomic mass is 35.5. The standard InChI is InChI=1S/C6H3Cl2FN2O2/c7-4-1(6(12)13)3(10)2(9)5(8)11-4/h(H2,10,11)(H,12,13). The summed E-state index contributed by atoms with van der Waals surface area (Å²) in [4.78, 5) is 13.7. The second-order valence-electron chi connectivity index (χ2n) is 2.10. The fourth-order valence-corrected chi connectivity index (χ4v) is 1.22. The summed E-state index contributed by atoms with van der Waals surface area (Å²) in [6, 6.07) is 0. The second kappa shape index (κ2) is 3.35. The van der Waals surface area contributed by atoms with Crippen LogP contribution in [-0.4, -0.2) is 16.1 Å². The minimum absolute atomic E-state index is 0.434. The van der Waals surface area contributed by atoms with E-state index in [0.29, 0.717) is 0 Å². The lowest BCUT2D eigenvalue weighted by molar-refractivity contribution is 0.0697. The molecule has 0 radical (unpaired) electrons. The molecule has 13 heavy (non-hydrogen) atoms. The maximum Gasteiger partial charge on any atom is 0.341 e. The van der Waals surface area contributed by atoms with Gasteiger partial charge >= 0.3 is 5.97 Å². The molecule has 7 heteroatoms. The van der Waals surface area contributed by atoms with E-state index in [1.165, 1.54) is 0 Å². The number of rotatable bonds is 1. The van der Waals surface area contributed by atoms with Gasteiger partial charge in [-0.3, -0.25) is 0 Å². The van der Waals surface area contributed by atoms with E-state index >= 15 is 0 Å². The number of halogens is 3. The molecule has 0 aromatic carbocycles. The van der Waals surface area contributed by atoms with Crippen LogP contribution in [0.4, 0.5) is 10.1 Å². The second-order valence-corrected chi connectivity index (χ2v) is 2.82. The van der Waals surface area contributed by atoms with Gasteiger partial charge in [0.25, 0.3) is 0 Å². The van der Waals surface area contributed by atoms with Crippen molar-refractivity contribution in [2.24, 2.45) is 0 Å². The van der Waals surface area contributed by atoms with Gasteiger partial charge in [-0.1, -0.05) is 23.2 Å². The lowest BCUT2D eigenvalue weighted by atomic mass is 10.2. The number of aromatic carboxylic acids is 1. The van der Waals surface area contributed by atoms with E-state index in [-0.39, 0.29) is 0 Å². The van der Waals surface area contributed by atoms with Gasteiger partial charge in [0.2, 0.25) is 0 Å². The Hall–Kier alpha value is -1.07. The number of aromatic nitrogens is 1. The van der Waals surface area contributed by atoms with Crippen molar-refractivity contribution in [3.05, 3.63) is 21.7 Å². The van der Waals surface area contributed by atoms with Crippen LogP contribution < -0.4 is 5.73 Å². The number of hydrogen-bond donors (Lipinski definition) is 2. The molecule has 4 nitrogen and oxygen atoms in total. The van der Waals surface area contributed by atoms with Gasteiger partial charge in [-0.25, -0.2) is 14.2 Å². The highest BCUT2D eigenvalue weighted by molar-refractivity contribution is 6.35. The van der Waals surface area contributed by atoms with Gasteiger partial charge in [0.05, 0.1) is 5.69 Å². The average molecular weight is 225 g/mol. The van der Waals surface area contributed by atoms with E-state index in [1.807, 2.05) is 0 Å². The Kier molecular flexibility index (Phi) is 2.58. The molecule has 0 atom stereocenters. The smallest absolute Gasteiger partial charge is 0.341 e. The van der Waals surface area contributed by atoms with Crippen molar-refractivity contribution in [1.82, 2.24) is 4.98 Å². The summed E-state index contributed by atoms with van der Waals surface area (Å²) in [6.07, 6.45) is 0. The summed E-state index contributed by atoms with van der Waals surface area (Å²) < 4.78 is 12.9. The Bertz CT molecular complexity index is 383. The number of nitrogens with two attached hydrogens (primary N) is 1. The van der Waals surface area contributed by atoms with E-state index < -0.39 is 33.3 Å². The molecule has 0 saturated carbocycles. The van der Waals surface area contributed by atoms with E-state index in [1.54, 1.807) is 0 Å². The largest absolute Gasteiger partial charge is 0.478 e. The third kappa shape index (κ3) is 1.66. The summed E-state index contributed by atoms with van der Waals surface area (Å²) in [7, 11) is 0. The number of pyridine rings is 1. The monoisotopic (exact) mass is 224 g/mol. The highest BCUT2D eigenvalue weighted by Gasteiger charge is 2.20. The number of anilines is 1. The van der Waals surface area contributed by atoms with Crippen molar-refractivity contribution in [1.29, 1.82) is 0 Å². The molecule has 1 aromatic heterocycles. The molecule has 70 valence electrons. The van der Waals surface area contributed by atoms with E-state index in [9.17, 15) is 9.18 Å². The number of nitrogens with zero attached hydrogens (tertiary/aromatic N) is 1. The quantitative estimate of drug-likeness (QED) is 0.714. The van der Waals surface area contributed by atoms with Crippen LogP contribution in [0.3, 0.4) is 0 Å². The molecule has 0 spiro atoms. The van der Waals surface area contributed by atoms with Crippen LogP contribution >= 0.6 is 23.2 Å². The summed E-state index contributed by atoms with van der Waals surface area (Å²) in [5, 5.41) is 7.57. The van der Waals surface area contributed by atoms with E-state index in [2.05, 4.69) is 4.98 Å². The predicted molar refractivity (Wildman–Crippen MR) is 45.6 cm³/mol. The Morgan fingerprint density at radius 1 is 1.46 bits per heavy atom. The number of hydrogen-bond acceptors (Lipinski definition) is 3. The van der Waals surface area contributed by atoms with Crippen molar-refractivity contribution < 1.29 is 14.3 Å². The topological polar surface area (TPSA) is 76.2 Å². The van der Waals surface area contributed by atoms with Gasteiger partial charge in [0, 0.05) is 0 Å². The fourth-order valence-electron chi connectivity index (χ4n) is 0.727. The van der Waals surface area contributed by atoms with Crippen LogP contribution in [0, 0.1) is 5.82 Å². The molecule has 0 bridgehead atoms. The van der Waals surface area contributed by atoms with Crippen LogP contribution in [0.1, 0.15) is 10.4 Å². The average Bonchev–Trinajstić information content (AvgIpc) is 1.99. The van der Waals surface area contributed by atoms with Gasteiger partial charge in [-0.2, -0.15) is 0 Å². The van der Waals surface area contributed by atoms with Crippen LogP contribution in [0.15, 0.2) is 0 Å². The maximum absolute atomic E-state index is 12.9. The molecule has 0 aliphatic carbocycles. The number of nitrogen functional groups attached to an aromatic ring is 1. The van der Waals surface area contributed by atoms with Crippen LogP contribution in [0.2, 0.25) is 10.3 Å². The van der Waals surface area contributed by atoms with Crippen LogP contribution in [0.5, 0.6) is 0 Å². The SMILES string of the molecule is Nc1c(F)c(Cl)nc(Cl)c1C(=O)O. The molecule has 0 fully saturated rings. The molecule has 0 unspecified atom stereocenters. The first-order valence-electron chi connectivity index (χ1n) is 2.98. The maximum atomic E-state index is 12.9. The zero-order chi connectivity index (χ0) is 10.2.